The number of ether oxygens (including phenoxy) is 1. The summed E-state index contributed by atoms with van der Waals surface area (Å²) in [6.07, 6.45) is 0.300. The second kappa shape index (κ2) is 7.76. The minimum atomic E-state index is -3.64. The number of rotatable bonds is 3. The molecule has 8 heteroatoms. The molecule has 2 aromatic carbocycles. The molecule has 0 N–H and O–H groups in total. The fourth-order valence-corrected chi connectivity index (χ4v) is 5.97. The maximum atomic E-state index is 13.2. The van der Waals surface area contributed by atoms with Gasteiger partial charge in [0.25, 0.3) is 5.91 Å². The molecule has 1 atom stereocenters. The molecule has 0 radical (unpaired) electrons. The average Bonchev–Trinajstić information content (AvgIpc) is 2.75. The van der Waals surface area contributed by atoms with Crippen molar-refractivity contribution >= 4 is 21.9 Å². The highest BCUT2D eigenvalue weighted by Gasteiger charge is 2.45. The Morgan fingerprint density at radius 3 is 2.42 bits per heavy atom. The lowest BCUT2D eigenvalue weighted by Gasteiger charge is -2.40. The molecule has 1 fully saturated rings. The molecular weight excluding hydrogens is 416 g/mol. The van der Waals surface area contributed by atoms with E-state index in [0.29, 0.717) is 22.4 Å². The van der Waals surface area contributed by atoms with Crippen LogP contribution in [0.1, 0.15) is 34.0 Å². The van der Waals surface area contributed by atoms with Gasteiger partial charge in [0.05, 0.1) is 10.5 Å². The lowest BCUT2D eigenvalue weighted by atomic mass is 9.89. The Balaban J connectivity index is 1.48. The largest absolute Gasteiger partial charge is 0.445 e. The zero-order valence-corrected chi connectivity index (χ0v) is 18.7. The monoisotopic (exact) mass is 442 g/mol. The Hall–Kier alpha value is -2.71. The number of esters is 1. The summed E-state index contributed by atoms with van der Waals surface area (Å²) in [5.41, 5.74) is 1.55. The predicted molar refractivity (Wildman–Crippen MR) is 115 cm³/mol. The van der Waals surface area contributed by atoms with E-state index in [-0.39, 0.29) is 32.1 Å². The number of carbonyl (C=O) groups is 2. The number of hydrogen-bond acceptors (Lipinski definition) is 5. The van der Waals surface area contributed by atoms with Crippen molar-refractivity contribution in [2.45, 2.75) is 37.7 Å². The Labute approximate surface area is 182 Å². The molecule has 2 aliphatic rings. The summed E-state index contributed by atoms with van der Waals surface area (Å²) in [7, 11) is -3.64. The van der Waals surface area contributed by atoms with Crippen molar-refractivity contribution in [2.24, 2.45) is 0 Å². The molecule has 2 aliphatic heterocycles. The second-order valence-electron chi connectivity index (χ2n) is 8.42. The van der Waals surface area contributed by atoms with Gasteiger partial charge in [-0.2, -0.15) is 4.31 Å². The Morgan fingerprint density at radius 2 is 1.71 bits per heavy atom. The van der Waals surface area contributed by atoms with Crippen molar-refractivity contribution in [3.05, 3.63) is 64.7 Å². The average molecular weight is 443 g/mol. The van der Waals surface area contributed by atoms with E-state index in [0.717, 1.165) is 11.1 Å². The van der Waals surface area contributed by atoms with Gasteiger partial charge in [0.15, 0.2) is 5.60 Å². The fraction of sp³-hybridized carbons (Fsp3) is 0.391. The number of carbonyl (C=O) groups excluding carboxylic acids is 2. The van der Waals surface area contributed by atoms with Crippen LogP contribution in [0.5, 0.6) is 0 Å². The second-order valence-corrected chi connectivity index (χ2v) is 10.3. The van der Waals surface area contributed by atoms with E-state index < -0.39 is 21.6 Å². The smallest absolute Gasteiger partial charge is 0.339 e. The molecule has 0 saturated carbocycles. The summed E-state index contributed by atoms with van der Waals surface area (Å²) in [5.74, 6) is -0.798. The normalized spacial score (nSPS) is 22.0. The SMILES string of the molecule is Cc1ccc(C)c(S(=O)(=O)N2CCN(C(=O)C3(C)Cc4ccccc4C(=O)O3)CC2)c1. The molecule has 0 bridgehead atoms. The van der Waals surface area contributed by atoms with Crippen molar-refractivity contribution < 1.29 is 22.7 Å². The van der Waals surface area contributed by atoms with Crippen LogP contribution in [0.15, 0.2) is 47.4 Å². The van der Waals surface area contributed by atoms with Gasteiger partial charge in [-0.15, -0.1) is 0 Å². The molecule has 2 heterocycles. The summed E-state index contributed by atoms with van der Waals surface area (Å²) in [6.45, 7) is 6.16. The third kappa shape index (κ3) is 3.85. The summed E-state index contributed by atoms with van der Waals surface area (Å²) in [5, 5.41) is 0. The molecule has 7 nitrogen and oxygen atoms in total. The van der Waals surface area contributed by atoms with E-state index in [2.05, 4.69) is 0 Å². The molecule has 164 valence electrons. The summed E-state index contributed by atoms with van der Waals surface area (Å²) in [6, 6.07) is 12.5. The minimum absolute atomic E-state index is 0.196. The highest BCUT2D eigenvalue weighted by atomic mass is 32.2. The number of nitrogens with zero attached hydrogens (tertiary/aromatic N) is 2. The van der Waals surface area contributed by atoms with E-state index in [4.69, 9.17) is 4.74 Å². The van der Waals surface area contributed by atoms with Gasteiger partial charge in [0.2, 0.25) is 10.0 Å². The van der Waals surface area contributed by atoms with Gasteiger partial charge in [-0.05, 0) is 49.6 Å². The molecule has 1 amide bonds. The number of hydrogen-bond donors (Lipinski definition) is 0. The first-order valence-corrected chi connectivity index (χ1v) is 11.7. The highest BCUT2D eigenvalue weighted by molar-refractivity contribution is 7.89. The number of aryl methyl sites for hydroxylation is 2. The highest BCUT2D eigenvalue weighted by Crippen LogP contribution is 2.30. The number of cyclic esters (lactones) is 1. The minimum Gasteiger partial charge on any atom is -0.445 e. The first kappa shape index (κ1) is 21.5. The molecule has 0 spiro atoms. The molecule has 4 rings (SSSR count). The molecular formula is C23H26N2O5S. The van der Waals surface area contributed by atoms with Crippen LogP contribution < -0.4 is 0 Å². The molecule has 1 saturated heterocycles. The van der Waals surface area contributed by atoms with Crippen molar-refractivity contribution in [3.8, 4) is 0 Å². The van der Waals surface area contributed by atoms with Crippen LogP contribution in [-0.2, 0) is 26.0 Å². The lowest BCUT2D eigenvalue weighted by Crippen LogP contribution is -2.58. The van der Waals surface area contributed by atoms with Crippen molar-refractivity contribution in [3.63, 3.8) is 0 Å². The first-order valence-electron chi connectivity index (χ1n) is 10.3. The number of fused-ring (bicyclic) bond motifs is 1. The van der Waals surface area contributed by atoms with Crippen molar-refractivity contribution in [2.75, 3.05) is 26.2 Å². The third-order valence-electron chi connectivity index (χ3n) is 6.02. The van der Waals surface area contributed by atoms with Gasteiger partial charge in [-0.25, -0.2) is 13.2 Å². The molecule has 2 aromatic rings. The van der Waals surface area contributed by atoms with Crippen molar-refractivity contribution in [1.29, 1.82) is 0 Å². The Kier molecular flexibility index (Phi) is 5.39. The quantitative estimate of drug-likeness (QED) is 0.681. The summed E-state index contributed by atoms with van der Waals surface area (Å²) < 4.78 is 33.2. The van der Waals surface area contributed by atoms with Gasteiger partial charge >= 0.3 is 5.97 Å². The van der Waals surface area contributed by atoms with Crippen LogP contribution in [0.4, 0.5) is 0 Å². The van der Waals surface area contributed by atoms with E-state index >= 15 is 0 Å². The standard InChI is InChI=1S/C23H26N2O5S/c1-16-8-9-17(2)20(14-16)31(28,29)25-12-10-24(11-13-25)22(27)23(3)15-18-6-4-5-7-19(18)21(26)30-23/h4-9,14H,10-13,15H2,1-3H3. The predicted octanol–water partition coefficient (Wildman–Crippen LogP) is 2.31. The third-order valence-corrected chi connectivity index (χ3v) is 8.06. The summed E-state index contributed by atoms with van der Waals surface area (Å²) in [4.78, 5) is 27.5. The van der Waals surface area contributed by atoms with Crippen molar-refractivity contribution in [1.82, 2.24) is 9.21 Å². The van der Waals surface area contributed by atoms with E-state index in [1.807, 2.05) is 25.1 Å². The van der Waals surface area contributed by atoms with Gasteiger partial charge in [0.1, 0.15) is 0 Å². The summed E-state index contributed by atoms with van der Waals surface area (Å²) >= 11 is 0. The number of benzene rings is 2. The van der Waals surface area contributed by atoms with Crippen LogP contribution in [0, 0.1) is 13.8 Å². The van der Waals surface area contributed by atoms with E-state index in [9.17, 15) is 18.0 Å². The number of piperazine rings is 1. The number of sulfonamides is 1. The topological polar surface area (TPSA) is 84.0 Å². The van der Waals surface area contributed by atoms with E-state index in [1.165, 1.54) is 4.31 Å². The van der Waals surface area contributed by atoms with Crippen LogP contribution in [0.25, 0.3) is 0 Å². The van der Waals surface area contributed by atoms with Crippen LogP contribution in [0.2, 0.25) is 0 Å². The van der Waals surface area contributed by atoms with Gasteiger partial charge in [-0.1, -0.05) is 30.3 Å². The molecule has 0 aliphatic carbocycles. The van der Waals surface area contributed by atoms with Gasteiger partial charge < -0.3 is 9.64 Å². The molecule has 1 unspecified atom stereocenters. The first-order chi connectivity index (χ1) is 14.6. The van der Waals surface area contributed by atoms with Crippen LogP contribution in [-0.4, -0.2) is 61.3 Å². The fourth-order valence-electron chi connectivity index (χ4n) is 4.24. The lowest BCUT2D eigenvalue weighted by molar-refractivity contribution is -0.152. The van der Waals surface area contributed by atoms with Gasteiger partial charge in [0, 0.05) is 32.6 Å². The maximum Gasteiger partial charge on any atom is 0.339 e. The zero-order valence-electron chi connectivity index (χ0n) is 17.9. The Morgan fingerprint density at radius 1 is 1.03 bits per heavy atom. The zero-order chi connectivity index (χ0) is 22.4. The Bertz CT molecular complexity index is 1150. The number of amides is 1. The van der Waals surface area contributed by atoms with Crippen LogP contribution >= 0.6 is 0 Å². The van der Waals surface area contributed by atoms with E-state index in [1.54, 1.807) is 43.0 Å². The molecule has 0 aromatic heterocycles. The maximum absolute atomic E-state index is 13.2. The molecule has 31 heavy (non-hydrogen) atoms. The van der Waals surface area contributed by atoms with Crippen LogP contribution in [0.3, 0.4) is 0 Å². The van der Waals surface area contributed by atoms with Gasteiger partial charge in [-0.3, -0.25) is 4.79 Å².